The lowest BCUT2D eigenvalue weighted by Crippen LogP contribution is -2.16. The number of benzene rings is 1. The fourth-order valence-electron chi connectivity index (χ4n) is 2.08. The highest BCUT2D eigenvalue weighted by molar-refractivity contribution is 6.16. The molecule has 112 valence electrons. The quantitative estimate of drug-likeness (QED) is 0.755. The maximum Gasteiger partial charge on any atom is 0.140 e. The molecule has 1 aromatic heterocycles. The number of pyridine rings is 1. The van der Waals surface area contributed by atoms with Gasteiger partial charge in [-0.2, -0.15) is 5.26 Å². The van der Waals surface area contributed by atoms with Gasteiger partial charge in [-0.15, -0.1) is 0 Å². The molecule has 4 N–H and O–H groups in total. The summed E-state index contributed by atoms with van der Waals surface area (Å²) in [4.78, 5) is 4.01. The van der Waals surface area contributed by atoms with Gasteiger partial charge in [-0.3, -0.25) is 5.41 Å². The standard InChI is InChI=1S/C16H16FN5/c1-9(2)22-13-5-6-21-16(20)14(13)15(19)10-3-4-12(17)11(7-10)8-18/h3-7,9,19H,1-2H3,(H3,20,21,22). The first kappa shape index (κ1) is 15.4. The van der Waals surface area contributed by atoms with E-state index in [0.29, 0.717) is 16.8 Å². The van der Waals surface area contributed by atoms with Gasteiger partial charge in [0, 0.05) is 23.5 Å². The number of nitrogen functional groups attached to an aromatic ring is 1. The Kier molecular flexibility index (Phi) is 4.37. The average molecular weight is 297 g/mol. The second kappa shape index (κ2) is 6.22. The predicted molar refractivity (Wildman–Crippen MR) is 84.5 cm³/mol. The Labute approximate surface area is 128 Å². The number of nitrogens with two attached hydrogens (primary N) is 1. The van der Waals surface area contributed by atoms with E-state index in [4.69, 9.17) is 16.4 Å². The number of hydrogen-bond donors (Lipinski definition) is 3. The Balaban J connectivity index is 2.52. The lowest BCUT2D eigenvalue weighted by molar-refractivity contribution is 0.624. The van der Waals surface area contributed by atoms with Gasteiger partial charge in [0.15, 0.2) is 0 Å². The molecule has 22 heavy (non-hydrogen) atoms. The van der Waals surface area contributed by atoms with Crippen molar-refractivity contribution in [1.82, 2.24) is 4.98 Å². The molecule has 6 heteroatoms. The SMILES string of the molecule is CC(C)Nc1ccnc(N)c1C(=N)c1ccc(F)c(C#N)c1. The maximum absolute atomic E-state index is 13.4. The van der Waals surface area contributed by atoms with Gasteiger partial charge in [-0.05, 0) is 38.1 Å². The molecule has 0 amide bonds. The van der Waals surface area contributed by atoms with Gasteiger partial charge in [0.25, 0.3) is 0 Å². The maximum atomic E-state index is 13.4. The molecule has 1 heterocycles. The van der Waals surface area contributed by atoms with Crippen LogP contribution in [0.15, 0.2) is 30.5 Å². The van der Waals surface area contributed by atoms with Crippen molar-refractivity contribution >= 4 is 17.2 Å². The summed E-state index contributed by atoms with van der Waals surface area (Å²) in [5.74, 6) is -0.405. The molecule has 0 fully saturated rings. The minimum atomic E-state index is -0.612. The largest absolute Gasteiger partial charge is 0.383 e. The lowest BCUT2D eigenvalue weighted by Gasteiger charge is -2.17. The summed E-state index contributed by atoms with van der Waals surface area (Å²) in [6.07, 6.45) is 1.56. The van der Waals surface area contributed by atoms with Gasteiger partial charge >= 0.3 is 0 Å². The first-order valence-corrected chi connectivity index (χ1v) is 6.74. The van der Waals surface area contributed by atoms with E-state index < -0.39 is 5.82 Å². The fourth-order valence-corrected chi connectivity index (χ4v) is 2.08. The summed E-state index contributed by atoms with van der Waals surface area (Å²) in [7, 11) is 0. The molecule has 0 atom stereocenters. The molecule has 0 saturated heterocycles. The van der Waals surface area contributed by atoms with Crippen molar-refractivity contribution < 1.29 is 4.39 Å². The average Bonchev–Trinajstić information content (AvgIpc) is 2.46. The van der Waals surface area contributed by atoms with Gasteiger partial charge < -0.3 is 11.1 Å². The predicted octanol–water partition coefficient (Wildman–Crippen LogP) is 2.91. The van der Waals surface area contributed by atoms with Crippen LogP contribution in [0.1, 0.15) is 30.5 Å². The van der Waals surface area contributed by atoms with Gasteiger partial charge in [0.2, 0.25) is 0 Å². The first-order chi connectivity index (χ1) is 10.4. The van der Waals surface area contributed by atoms with Crippen molar-refractivity contribution in [3.8, 4) is 6.07 Å². The van der Waals surface area contributed by atoms with Gasteiger partial charge in [-0.25, -0.2) is 9.37 Å². The summed E-state index contributed by atoms with van der Waals surface area (Å²) in [5, 5.41) is 20.5. The third-order valence-corrected chi connectivity index (χ3v) is 3.05. The van der Waals surface area contributed by atoms with Crippen LogP contribution >= 0.6 is 0 Å². The normalized spacial score (nSPS) is 10.3. The molecule has 0 aliphatic heterocycles. The van der Waals surface area contributed by atoms with Crippen LogP contribution in [-0.2, 0) is 0 Å². The Morgan fingerprint density at radius 3 is 2.77 bits per heavy atom. The lowest BCUT2D eigenvalue weighted by atomic mass is 9.99. The first-order valence-electron chi connectivity index (χ1n) is 6.74. The van der Waals surface area contributed by atoms with E-state index in [1.807, 2.05) is 13.8 Å². The third-order valence-electron chi connectivity index (χ3n) is 3.05. The van der Waals surface area contributed by atoms with Crippen molar-refractivity contribution in [1.29, 1.82) is 10.7 Å². The number of nitrogens with one attached hydrogen (secondary N) is 2. The second-order valence-corrected chi connectivity index (χ2v) is 5.10. The zero-order valence-corrected chi connectivity index (χ0v) is 12.3. The summed E-state index contributed by atoms with van der Waals surface area (Å²) in [6, 6.07) is 7.61. The number of nitrogens with zero attached hydrogens (tertiary/aromatic N) is 2. The van der Waals surface area contributed by atoms with Gasteiger partial charge in [-0.1, -0.05) is 0 Å². The molecule has 5 nitrogen and oxygen atoms in total. The van der Waals surface area contributed by atoms with Crippen LogP contribution in [0.2, 0.25) is 0 Å². The van der Waals surface area contributed by atoms with Gasteiger partial charge in [0.05, 0.1) is 16.8 Å². The molecular weight excluding hydrogens is 281 g/mol. The van der Waals surface area contributed by atoms with Gasteiger partial charge in [0.1, 0.15) is 17.7 Å². The number of rotatable bonds is 4. The summed E-state index contributed by atoms with van der Waals surface area (Å²) >= 11 is 0. The van der Waals surface area contributed by atoms with Crippen LogP contribution in [0.5, 0.6) is 0 Å². The fraction of sp³-hybridized carbons (Fsp3) is 0.188. The highest BCUT2D eigenvalue weighted by Crippen LogP contribution is 2.25. The number of hydrogen-bond acceptors (Lipinski definition) is 5. The number of halogens is 1. The van der Waals surface area contributed by atoms with Crippen LogP contribution in [0.3, 0.4) is 0 Å². The second-order valence-electron chi connectivity index (χ2n) is 5.10. The minimum Gasteiger partial charge on any atom is -0.383 e. The molecule has 0 spiro atoms. The van der Waals surface area contributed by atoms with Crippen molar-refractivity contribution in [2.75, 3.05) is 11.1 Å². The van der Waals surface area contributed by atoms with E-state index in [1.54, 1.807) is 18.3 Å². The smallest absolute Gasteiger partial charge is 0.140 e. The Morgan fingerprint density at radius 2 is 2.14 bits per heavy atom. The Morgan fingerprint density at radius 1 is 1.41 bits per heavy atom. The zero-order chi connectivity index (χ0) is 16.3. The van der Waals surface area contributed by atoms with E-state index in [-0.39, 0.29) is 23.1 Å². The molecule has 0 unspecified atom stereocenters. The third kappa shape index (κ3) is 3.04. The van der Waals surface area contributed by atoms with Crippen LogP contribution < -0.4 is 11.1 Å². The topological polar surface area (TPSA) is 98.6 Å². The number of nitriles is 1. The summed E-state index contributed by atoms with van der Waals surface area (Å²) < 4.78 is 13.4. The number of aromatic nitrogens is 1. The van der Waals surface area contributed by atoms with Crippen LogP contribution in [-0.4, -0.2) is 16.7 Å². The molecule has 0 aliphatic carbocycles. The summed E-state index contributed by atoms with van der Waals surface area (Å²) in [5.41, 5.74) is 7.40. The van der Waals surface area contributed by atoms with Crippen LogP contribution in [0, 0.1) is 22.6 Å². The molecule has 0 bridgehead atoms. The van der Waals surface area contributed by atoms with Crippen LogP contribution in [0.25, 0.3) is 0 Å². The molecular formula is C16H16FN5. The van der Waals surface area contributed by atoms with Crippen molar-refractivity contribution in [2.45, 2.75) is 19.9 Å². The van der Waals surface area contributed by atoms with Crippen molar-refractivity contribution in [3.05, 3.63) is 53.0 Å². The van der Waals surface area contributed by atoms with Crippen LogP contribution in [0.4, 0.5) is 15.9 Å². The minimum absolute atomic E-state index is 0.0882. The number of anilines is 2. The Bertz CT molecular complexity index is 762. The van der Waals surface area contributed by atoms with E-state index in [0.717, 1.165) is 0 Å². The Hall–Kier alpha value is -2.94. The summed E-state index contributed by atoms with van der Waals surface area (Å²) in [6.45, 7) is 3.94. The van der Waals surface area contributed by atoms with Crippen molar-refractivity contribution in [2.24, 2.45) is 0 Å². The molecule has 0 aliphatic rings. The molecule has 2 aromatic rings. The van der Waals surface area contributed by atoms with E-state index >= 15 is 0 Å². The monoisotopic (exact) mass is 297 g/mol. The molecule has 0 saturated carbocycles. The highest BCUT2D eigenvalue weighted by atomic mass is 19.1. The molecule has 1 aromatic carbocycles. The zero-order valence-electron chi connectivity index (χ0n) is 12.3. The molecule has 0 radical (unpaired) electrons. The van der Waals surface area contributed by atoms with E-state index in [1.165, 1.54) is 18.2 Å². The molecule has 2 rings (SSSR count). The highest BCUT2D eigenvalue weighted by Gasteiger charge is 2.16. The van der Waals surface area contributed by atoms with Crippen molar-refractivity contribution in [3.63, 3.8) is 0 Å². The van der Waals surface area contributed by atoms with E-state index in [2.05, 4.69) is 10.3 Å². The van der Waals surface area contributed by atoms with E-state index in [9.17, 15) is 4.39 Å².